The number of fused-ring (bicyclic) bond motifs is 3. The summed E-state index contributed by atoms with van der Waals surface area (Å²) in [6.45, 7) is 32.7. The average molecular weight is 1240 g/mol. The fourth-order valence-corrected chi connectivity index (χ4v) is 9.31. The van der Waals surface area contributed by atoms with Crippen molar-refractivity contribution >= 4 is 17.1 Å². The molecule has 462 valence electrons. The largest absolute Gasteiger partial charge is 0.502 e. The van der Waals surface area contributed by atoms with Gasteiger partial charge in [-0.3, -0.25) is 0 Å². The number of benzene rings is 6. The number of aromatic nitrogens is 6. The summed E-state index contributed by atoms with van der Waals surface area (Å²) in [6, 6.07) is -13.3. The molecule has 3 atom stereocenters. The molecule has 0 amide bonds. The van der Waals surface area contributed by atoms with Gasteiger partial charge in [0.05, 0.1) is 65.4 Å². The smallest absolute Gasteiger partial charge is 0.256 e. The summed E-state index contributed by atoms with van der Waals surface area (Å²) in [5.74, 6) is -3.10. The van der Waals surface area contributed by atoms with Gasteiger partial charge in [0.2, 0.25) is 34.5 Å². The van der Waals surface area contributed by atoms with Crippen LogP contribution in [0.3, 0.4) is 0 Å². The topological polar surface area (TPSA) is 194 Å². The van der Waals surface area contributed by atoms with Crippen LogP contribution in [0.15, 0.2) is 122 Å². The van der Waals surface area contributed by atoms with E-state index < -0.39 is 175 Å². The highest BCUT2D eigenvalue weighted by atomic mass is 16.5. The van der Waals surface area contributed by atoms with Crippen molar-refractivity contribution in [2.45, 2.75) is 156 Å². The Bertz CT molecular complexity index is 5810. The lowest BCUT2D eigenvalue weighted by atomic mass is 10.0. The molecule has 90 heavy (non-hydrogen) atoms. The van der Waals surface area contributed by atoms with Gasteiger partial charge in [-0.25, -0.2) is 14.5 Å². The highest BCUT2D eigenvalue weighted by Gasteiger charge is 2.30. The van der Waals surface area contributed by atoms with Crippen molar-refractivity contribution in [1.29, 1.82) is 0 Å². The number of nitrogens with zero attached hydrogens (tertiary/aromatic N) is 9. The summed E-state index contributed by atoms with van der Waals surface area (Å²) >= 11 is 0. The summed E-state index contributed by atoms with van der Waals surface area (Å²) in [5.41, 5.74) is -1.25. The van der Waals surface area contributed by atoms with Crippen LogP contribution in [0.4, 0.5) is 17.1 Å². The molecular weight excluding hydrogens is 1130 g/mol. The van der Waals surface area contributed by atoms with Crippen LogP contribution in [-0.2, 0) is 19.3 Å². The Hall–Kier alpha value is -9.51. The van der Waals surface area contributed by atoms with E-state index in [1.807, 2.05) is 6.92 Å². The fraction of sp³-hybridized carbons (Fsp3) is 0.375. The van der Waals surface area contributed by atoms with E-state index in [-0.39, 0.29) is 159 Å². The van der Waals surface area contributed by atoms with Gasteiger partial charge in [-0.2, -0.15) is 15.0 Å². The molecule has 9 aromatic rings. The molecule has 18 nitrogen and oxygen atoms in total. The molecule has 6 aromatic carbocycles. The molecule has 0 radical (unpaired) electrons. The molecule has 18 heteroatoms. The molecule has 0 saturated heterocycles. The van der Waals surface area contributed by atoms with E-state index in [9.17, 15) is 0 Å². The molecule has 3 aliphatic rings. The minimum Gasteiger partial charge on any atom is -0.502 e. The lowest BCUT2D eigenvalue weighted by Crippen LogP contribution is -2.19. The quantitative estimate of drug-likeness (QED) is 0.0575. The maximum absolute atomic E-state index is 8.94. The van der Waals surface area contributed by atoms with Crippen LogP contribution in [0.2, 0.25) is 0 Å². The van der Waals surface area contributed by atoms with Crippen LogP contribution in [0, 0.1) is 19.7 Å². The first-order valence-corrected chi connectivity index (χ1v) is 28.0. The molecule has 0 unspecified atom stereocenters. The minimum absolute atomic E-state index is 0.0103. The number of hydrogen-bond acceptors (Lipinski definition) is 15. The van der Waals surface area contributed by atoms with E-state index in [0.29, 0.717) is 17.7 Å². The van der Waals surface area contributed by atoms with Crippen molar-refractivity contribution in [2.75, 3.05) is 19.6 Å². The van der Waals surface area contributed by atoms with Crippen molar-refractivity contribution < 1.29 is 70.3 Å². The molecule has 3 aromatic heterocycles. The number of ether oxygens (including phenoxy) is 3. The van der Waals surface area contributed by atoms with E-state index >= 15 is 0 Å². The fourth-order valence-electron chi connectivity index (χ4n) is 9.31. The Balaban J connectivity index is 0.000000191. The molecule has 0 spiro atoms. The first-order chi connectivity index (χ1) is 55.7. The monoisotopic (exact) mass is 1240 g/mol. The van der Waals surface area contributed by atoms with Crippen LogP contribution >= 0.6 is 0 Å². The van der Waals surface area contributed by atoms with Crippen LogP contribution < -0.4 is 30.2 Å². The molecule has 3 N–H and O–H groups in total. The van der Waals surface area contributed by atoms with Crippen LogP contribution in [0.5, 0.6) is 17.2 Å². The zero-order valence-electron chi connectivity index (χ0n) is 81.2. The van der Waals surface area contributed by atoms with Gasteiger partial charge >= 0.3 is 0 Å². The van der Waals surface area contributed by atoms with Gasteiger partial charge in [0.1, 0.15) is 17.2 Å². The highest BCUT2D eigenvalue weighted by molar-refractivity contribution is 5.74. The van der Waals surface area contributed by atoms with Crippen LogP contribution in [0.25, 0.3) is 83.1 Å². The number of hydrogen-bond donors (Lipinski definition) is 3. The molecule has 3 aliphatic carbocycles. The second kappa shape index (κ2) is 29.7. The van der Waals surface area contributed by atoms with Gasteiger partial charge in [-0.15, -0.1) is 0 Å². The third kappa shape index (κ3) is 14.6. The van der Waals surface area contributed by atoms with Crippen molar-refractivity contribution in [3.8, 4) is 85.8 Å². The molecule has 0 bridgehead atoms. The van der Waals surface area contributed by atoms with Crippen molar-refractivity contribution in [2.24, 2.45) is 0 Å². The Labute approximate surface area is 571 Å². The Morgan fingerprint density at radius 1 is 0.544 bits per heavy atom. The standard InChI is InChI=1S/3C24H26N4O2/c3*1-5-13-26-20-11-10-17-18(20)7-6-8-19(17)23-27-24(30-28-23)16-9-12-22(29-15(2)3)21(14-16)25-4/h3*6-9,12,14-15,20,26H,5,10-11,13H2,1-3H3/t3*20-/m000/s1/i5D2,6D,7D,8D,9D,12D,13D2,14D,15D,20D;5D2,6D,7D,8D,9D,12D,14D,15D,20D;6D,7D,8D,9D,11D2,12D,14D,15D. The van der Waals surface area contributed by atoms with Gasteiger partial charge in [0.15, 0.2) is 0 Å². The summed E-state index contributed by atoms with van der Waals surface area (Å²) in [5, 5.41) is 19.9. The lowest BCUT2D eigenvalue weighted by molar-refractivity contribution is 0.244. The minimum atomic E-state index is -2.70. The first kappa shape index (κ1) is 35.0. The Kier molecular flexibility index (Phi) is 11.5. The molecule has 0 saturated carbocycles. The van der Waals surface area contributed by atoms with Crippen molar-refractivity contribution in [3.63, 3.8) is 0 Å². The number of nitrogens with one attached hydrogen (secondary N) is 3. The van der Waals surface area contributed by atoms with Gasteiger partial charge in [0.25, 0.3) is 17.7 Å². The second-order valence-corrected chi connectivity index (χ2v) is 20.2. The highest BCUT2D eigenvalue weighted by Crippen LogP contribution is 2.42. The molecular formula is C72H78N12O6. The van der Waals surface area contributed by atoms with Gasteiger partial charge in [0, 0.05) is 66.5 Å². The van der Waals surface area contributed by atoms with Gasteiger partial charge in [-0.05, 0) is 207 Å². The zero-order valence-corrected chi connectivity index (χ0v) is 50.2. The maximum Gasteiger partial charge on any atom is 0.256 e. The molecule has 0 fully saturated rings. The van der Waals surface area contributed by atoms with Crippen molar-refractivity contribution in [3.05, 3.63) is 176 Å². The van der Waals surface area contributed by atoms with E-state index in [4.69, 9.17) is 90.0 Å². The predicted molar refractivity (Wildman–Crippen MR) is 350 cm³/mol. The summed E-state index contributed by atoms with van der Waals surface area (Å²) in [4.78, 5) is 22.5. The van der Waals surface area contributed by atoms with E-state index in [1.54, 1.807) is 0 Å². The summed E-state index contributed by atoms with van der Waals surface area (Å²) in [7, 11) is 0. The van der Waals surface area contributed by atoms with Crippen LogP contribution in [-0.4, -0.2) is 68.2 Å². The third-order valence-electron chi connectivity index (χ3n) is 13.1. The molecule has 12 rings (SSSR count). The molecule has 3 heterocycles. The van der Waals surface area contributed by atoms with Gasteiger partial charge < -0.3 is 43.7 Å². The Morgan fingerprint density at radius 3 is 1.32 bits per heavy atom. The van der Waals surface area contributed by atoms with Gasteiger partial charge in [-0.1, -0.05) is 90.6 Å². The third-order valence-corrected chi connectivity index (χ3v) is 13.1. The first-order valence-electron chi connectivity index (χ1n) is 43.5. The van der Waals surface area contributed by atoms with Crippen molar-refractivity contribution in [1.82, 2.24) is 46.4 Å². The zero-order chi connectivity index (χ0) is 90.7. The molecule has 0 aliphatic heterocycles. The second-order valence-electron chi connectivity index (χ2n) is 20.2. The number of rotatable bonds is 21. The normalized spacial score (nSPS) is 23.2. The summed E-state index contributed by atoms with van der Waals surface area (Å²) < 4.78 is 290. The average Bonchev–Trinajstić information content (AvgIpc) is 1.57. The Morgan fingerprint density at radius 2 is 0.944 bits per heavy atom. The van der Waals surface area contributed by atoms with E-state index in [2.05, 4.69) is 60.9 Å². The van der Waals surface area contributed by atoms with Crippen LogP contribution in [0.1, 0.15) is 195 Å². The maximum atomic E-state index is 8.94. The SMILES string of the molecule is [2H]c1c([2H])c(-c2noc(-c3c([2H])c([2H])c(OC([2H])(C)C)c([N+]#[C-])c3[2H])n2)c2c(c1[2H])[C@@H](NCCC)C([2H])([2H])C2.[2H]c1c([2H])c(-c2noc(-c3c([2H])c([2H])c(OC([2H])(C)C)c([N+]#[C-])c3[2H])n2)c2c(c1[2H])[C@@]([2H])(NC([2H])([2H])C([2H])([2H])C)CC2.[2H]c1c([2H])c(-c2noc(-c3c([2H])c([2H])c(OC([2H])(C)C)c([N+]#[C-])c3[2H])n2)c2c(c1[2H])[C@@]([2H])(NCC([2H])([2H])C)CC2. The lowest BCUT2D eigenvalue weighted by Gasteiger charge is -2.13. The predicted octanol–water partition coefficient (Wildman–Crippen LogP) is 17.2. The van der Waals surface area contributed by atoms with E-state index in [0.717, 1.165) is 13.3 Å². The van der Waals surface area contributed by atoms with E-state index in [1.165, 1.54) is 48.5 Å². The summed E-state index contributed by atoms with van der Waals surface area (Å²) in [6.07, 6.45) is -9.71.